The second-order valence-electron chi connectivity index (χ2n) is 7.49. The van der Waals surface area contributed by atoms with Gasteiger partial charge < -0.3 is 14.0 Å². The molecule has 174 valence electrons. The van der Waals surface area contributed by atoms with Crippen molar-refractivity contribution >= 4 is 17.5 Å². The van der Waals surface area contributed by atoms with E-state index >= 15 is 0 Å². The quantitative estimate of drug-likeness (QED) is 0.487. The van der Waals surface area contributed by atoms with E-state index < -0.39 is 29.7 Å². The fraction of sp³-hybridized carbons (Fsp3) is 0.273. The summed E-state index contributed by atoms with van der Waals surface area (Å²) in [7, 11) is 1.53. The first-order chi connectivity index (χ1) is 16.5. The third-order valence-electron chi connectivity index (χ3n) is 5.41. The number of ether oxygens (including phenoxy) is 2. The Kier molecular flexibility index (Phi) is 5.40. The summed E-state index contributed by atoms with van der Waals surface area (Å²) in [5.41, 5.74) is 0.782. The lowest BCUT2D eigenvalue weighted by atomic mass is 10.1. The lowest BCUT2D eigenvalue weighted by Gasteiger charge is -2.19. The zero-order valence-corrected chi connectivity index (χ0v) is 18.2. The number of benzene rings is 2. The fourth-order valence-electron chi connectivity index (χ4n) is 3.88. The average molecular weight is 466 g/mol. The molecule has 3 aromatic rings. The third kappa shape index (κ3) is 3.62. The van der Waals surface area contributed by atoms with Crippen molar-refractivity contribution in [1.82, 2.24) is 15.1 Å². The van der Waals surface area contributed by atoms with Crippen LogP contribution in [-0.4, -0.2) is 52.8 Å². The predicted octanol–water partition coefficient (Wildman–Crippen LogP) is 2.78. The number of methoxy groups -OCH3 is 1. The molecule has 11 nitrogen and oxygen atoms in total. The van der Waals surface area contributed by atoms with Crippen molar-refractivity contribution in [3.63, 3.8) is 0 Å². The molecule has 5 rings (SSSR count). The van der Waals surface area contributed by atoms with E-state index in [-0.39, 0.29) is 18.1 Å². The van der Waals surface area contributed by atoms with Crippen molar-refractivity contribution in [2.75, 3.05) is 18.6 Å². The molecule has 1 aromatic heterocycles. The lowest BCUT2D eigenvalue weighted by molar-refractivity contribution is -0.123. The summed E-state index contributed by atoms with van der Waals surface area (Å²) in [5.74, 6) is -0.0899. The van der Waals surface area contributed by atoms with E-state index in [1.165, 1.54) is 30.3 Å². The molecule has 1 saturated heterocycles. The predicted molar refractivity (Wildman–Crippen MR) is 114 cm³/mol. The van der Waals surface area contributed by atoms with E-state index in [4.69, 9.17) is 14.0 Å². The molecule has 0 saturated carbocycles. The number of aromatic nitrogens is 2. The molecule has 1 fully saturated rings. The molecule has 0 N–H and O–H groups in total. The summed E-state index contributed by atoms with van der Waals surface area (Å²) in [6.07, 6.45) is 0. The van der Waals surface area contributed by atoms with Gasteiger partial charge in [-0.1, -0.05) is 16.4 Å². The average Bonchev–Trinajstić information content (AvgIpc) is 3.52. The fourth-order valence-corrected chi connectivity index (χ4v) is 3.88. The largest absolute Gasteiger partial charge is 0.493 e. The zero-order chi connectivity index (χ0) is 23.8. The highest BCUT2D eigenvalue weighted by Crippen LogP contribution is 2.34. The first kappa shape index (κ1) is 21.5. The number of rotatable bonds is 7. The summed E-state index contributed by atoms with van der Waals surface area (Å²) in [6, 6.07) is 8.50. The van der Waals surface area contributed by atoms with Crippen LogP contribution in [0.15, 0.2) is 57.3 Å². The SMILES string of the molecule is CCOc1ccc(-c2noc(CN3N=N[C@H]4C(=O)N(c5cccc(F)c5)C(=O)[C@H]43)n2)cc1OC. The van der Waals surface area contributed by atoms with Gasteiger partial charge >= 0.3 is 0 Å². The van der Waals surface area contributed by atoms with Crippen molar-refractivity contribution in [1.29, 1.82) is 0 Å². The normalized spacial score (nSPS) is 19.1. The van der Waals surface area contributed by atoms with E-state index in [1.807, 2.05) is 6.92 Å². The summed E-state index contributed by atoms with van der Waals surface area (Å²) >= 11 is 0. The number of hydrogen-bond donors (Lipinski definition) is 0. The number of imide groups is 1. The second kappa shape index (κ2) is 8.54. The minimum absolute atomic E-state index is 0.0398. The molecule has 2 amide bonds. The molecule has 0 bridgehead atoms. The monoisotopic (exact) mass is 466 g/mol. The van der Waals surface area contributed by atoms with Gasteiger partial charge in [0.05, 0.1) is 19.4 Å². The number of halogens is 1. The molecule has 0 aliphatic carbocycles. The number of carbonyl (C=O) groups excluding carboxylic acids is 2. The van der Waals surface area contributed by atoms with Gasteiger partial charge in [0.15, 0.2) is 23.6 Å². The van der Waals surface area contributed by atoms with Gasteiger partial charge in [0, 0.05) is 5.56 Å². The number of fused-ring (bicyclic) bond motifs is 1. The van der Waals surface area contributed by atoms with Gasteiger partial charge in [0.2, 0.25) is 11.7 Å². The van der Waals surface area contributed by atoms with Crippen molar-refractivity contribution in [3.8, 4) is 22.9 Å². The van der Waals surface area contributed by atoms with Crippen LogP contribution >= 0.6 is 0 Å². The van der Waals surface area contributed by atoms with Gasteiger partial charge in [-0.3, -0.25) is 14.6 Å². The molecular weight excluding hydrogens is 447 g/mol. The Morgan fingerprint density at radius 3 is 2.74 bits per heavy atom. The van der Waals surface area contributed by atoms with Crippen molar-refractivity contribution in [2.45, 2.75) is 25.6 Å². The van der Waals surface area contributed by atoms with Crippen molar-refractivity contribution in [2.24, 2.45) is 10.3 Å². The van der Waals surface area contributed by atoms with Gasteiger partial charge in [-0.25, -0.2) is 9.29 Å². The Bertz CT molecular complexity index is 1290. The summed E-state index contributed by atoms with van der Waals surface area (Å²) in [6.45, 7) is 2.33. The van der Waals surface area contributed by atoms with Crippen LogP contribution in [0.3, 0.4) is 0 Å². The number of amides is 2. The van der Waals surface area contributed by atoms with Crippen LogP contribution in [0.25, 0.3) is 11.4 Å². The maximum absolute atomic E-state index is 13.6. The van der Waals surface area contributed by atoms with Crippen LogP contribution in [0.4, 0.5) is 10.1 Å². The summed E-state index contributed by atoms with van der Waals surface area (Å²) < 4.78 is 29.8. The minimum Gasteiger partial charge on any atom is -0.493 e. The van der Waals surface area contributed by atoms with Crippen LogP contribution < -0.4 is 14.4 Å². The molecule has 2 aliphatic rings. The van der Waals surface area contributed by atoms with Crippen molar-refractivity contribution < 1.29 is 28.0 Å². The van der Waals surface area contributed by atoms with E-state index in [1.54, 1.807) is 18.2 Å². The Labute approximate surface area is 192 Å². The second-order valence-corrected chi connectivity index (χ2v) is 7.49. The minimum atomic E-state index is -1.02. The van der Waals surface area contributed by atoms with Crippen LogP contribution in [-0.2, 0) is 16.1 Å². The Morgan fingerprint density at radius 2 is 1.97 bits per heavy atom. The summed E-state index contributed by atoms with van der Waals surface area (Å²) in [5, 5.41) is 13.2. The van der Waals surface area contributed by atoms with E-state index in [0.29, 0.717) is 29.5 Å². The van der Waals surface area contributed by atoms with Crippen LogP contribution in [0.5, 0.6) is 11.5 Å². The molecule has 2 atom stereocenters. The molecule has 0 radical (unpaired) electrons. The molecule has 3 heterocycles. The Balaban J connectivity index is 1.34. The highest BCUT2D eigenvalue weighted by molar-refractivity contribution is 6.25. The van der Waals surface area contributed by atoms with E-state index in [0.717, 1.165) is 11.0 Å². The topological polar surface area (TPSA) is 123 Å². The van der Waals surface area contributed by atoms with Gasteiger partial charge in [-0.05, 0) is 43.3 Å². The van der Waals surface area contributed by atoms with Gasteiger partial charge in [0.25, 0.3) is 11.8 Å². The number of carbonyl (C=O) groups is 2. The van der Waals surface area contributed by atoms with Gasteiger partial charge in [-0.15, -0.1) is 0 Å². The van der Waals surface area contributed by atoms with Crippen LogP contribution in [0, 0.1) is 5.82 Å². The number of hydrogen-bond acceptors (Lipinski definition) is 10. The smallest absolute Gasteiger partial charge is 0.263 e. The maximum Gasteiger partial charge on any atom is 0.263 e. The molecule has 2 aromatic carbocycles. The molecule has 12 heteroatoms. The third-order valence-corrected chi connectivity index (χ3v) is 5.41. The molecular formula is C22H19FN6O5. The molecule has 0 unspecified atom stereocenters. The highest BCUT2D eigenvalue weighted by atomic mass is 19.1. The standard InChI is InChI=1S/C22H19FN6O5/c1-3-33-15-8-7-12(9-16(15)32-2)20-24-17(34-26-20)11-28-19-18(25-27-28)21(30)29(22(19)31)14-6-4-5-13(23)10-14/h4-10,18-19H,3,11H2,1-2H3/t18-,19+/m1/s1. The molecule has 2 aliphatic heterocycles. The van der Waals surface area contributed by atoms with Gasteiger partial charge in [-0.2, -0.15) is 10.1 Å². The van der Waals surface area contributed by atoms with Crippen molar-refractivity contribution in [3.05, 3.63) is 54.2 Å². The number of nitrogens with zero attached hydrogens (tertiary/aromatic N) is 6. The van der Waals surface area contributed by atoms with Crippen LogP contribution in [0.1, 0.15) is 12.8 Å². The molecule has 0 spiro atoms. The number of anilines is 1. The van der Waals surface area contributed by atoms with Crippen LogP contribution in [0.2, 0.25) is 0 Å². The summed E-state index contributed by atoms with van der Waals surface area (Å²) in [4.78, 5) is 31.1. The Morgan fingerprint density at radius 1 is 1.12 bits per heavy atom. The van der Waals surface area contributed by atoms with Gasteiger partial charge in [0.1, 0.15) is 12.4 Å². The van der Waals surface area contributed by atoms with E-state index in [2.05, 4.69) is 20.5 Å². The maximum atomic E-state index is 13.6. The first-order valence-corrected chi connectivity index (χ1v) is 10.4. The zero-order valence-electron chi connectivity index (χ0n) is 18.2. The Hall–Kier alpha value is -4.35. The van der Waals surface area contributed by atoms with E-state index in [9.17, 15) is 14.0 Å². The molecule has 34 heavy (non-hydrogen) atoms. The lowest BCUT2D eigenvalue weighted by Crippen LogP contribution is -2.39. The highest BCUT2D eigenvalue weighted by Gasteiger charge is 2.55. The first-order valence-electron chi connectivity index (χ1n) is 10.4.